The lowest BCUT2D eigenvalue weighted by Gasteiger charge is -2.25. The van der Waals surface area contributed by atoms with Gasteiger partial charge in [0.25, 0.3) is 0 Å². The Bertz CT molecular complexity index is 782. The second-order valence-electron chi connectivity index (χ2n) is 8.28. The fourth-order valence-corrected chi connectivity index (χ4v) is 3.12. The third-order valence-corrected chi connectivity index (χ3v) is 5.08. The van der Waals surface area contributed by atoms with Crippen LogP contribution in [0.15, 0.2) is 24.3 Å². The minimum absolute atomic E-state index is 0.167. The molecule has 0 aliphatic heterocycles. The summed E-state index contributed by atoms with van der Waals surface area (Å²) in [6.07, 6.45) is 2.64. The number of nitrogens with two attached hydrogens (primary N) is 2. The molecule has 0 aromatic heterocycles. The maximum absolute atomic E-state index is 13.0. The average molecular weight is 463 g/mol. The highest BCUT2D eigenvalue weighted by Crippen LogP contribution is 2.12. The van der Waals surface area contributed by atoms with Gasteiger partial charge >= 0.3 is 6.03 Å². The zero-order chi connectivity index (χ0) is 24.8. The first kappa shape index (κ1) is 27.9. The van der Waals surface area contributed by atoms with Gasteiger partial charge in [-0.25, -0.2) is 4.79 Å². The van der Waals surface area contributed by atoms with Gasteiger partial charge in [0, 0.05) is 25.2 Å². The van der Waals surface area contributed by atoms with Crippen molar-refractivity contribution in [3.8, 4) is 0 Å². The van der Waals surface area contributed by atoms with Gasteiger partial charge < -0.3 is 32.7 Å². The number of amides is 5. The first-order valence-electron chi connectivity index (χ1n) is 11.4. The number of nitrogens with one attached hydrogen (secondary N) is 4. The topological polar surface area (TPSA) is 168 Å². The van der Waals surface area contributed by atoms with Crippen molar-refractivity contribution >= 4 is 29.4 Å². The van der Waals surface area contributed by atoms with Crippen LogP contribution in [0.5, 0.6) is 0 Å². The number of hydrogen-bond acceptors (Lipinski definition) is 5. The first-order valence-corrected chi connectivity index (χ1v) is 11.4. The number of hydrogen-bond donors (Lipinski definition) is 6. The van der Waals surface area contributed by atoms with Crippen molar-refractivity contribution < 1.29 is 19.2 Å². The van der Waals surface area contributed by atoms with E-state index in [1.54, 1.807) is 24.3 Å². The molecule has 0 bridgehead atoms. The Morgan fingerprint density at radius 3 is 2.18 bits per heavy atom. The van der Waals surface area contributed by atoms with Crippen molar-refractivity contribution in [2.75, 3.05) is 11.9 Å². The summed E-state index contributed by atoms with van der Waals surface area (Å²) in [6.45, 7) is 6.30. The molecule has 0 unspecified atom stereocenters. The van der Waals surface area contributed by atoms with Gasteiger partial charge in [0.2, 0.25) is 17.7 Å². The molecule has 8 N–H and O–H groups in total. The molecule has 2 atom stereocenters. The minimum Gasteiger partial charge on any atom is -0.352 e. The van der Waals surface area contributed by atoms with Crippen molar-refractivity contribution in [3.05, 3.63) is 29.8 Å². The van der Waals surface area contributed by atoms with Gasteiger partial charge in [-0.1, -0.05) is 39.3 Å². The fourth-order valence-electron chi connectivity index (χ4n) is 3.12. The summed E-state index contributed by atoms with van der Waals surface area (Å²) >= 11 is 0. The van der Waals surface area contributed by atoms with Crippen molar-refractivity contribution in [2.45, 2.75) is 71.5 Å². The molecular formula is C23H38N6O4. The second-order valence-corrected chi connectivity index (χ2v) is 8.28. The van der Waals surface area contributed by atoms with E-state index >= 15 is 0 Å². The molecule has 0 radical (unpaired) electrons. The number of carbonyl (C=O) groups is 4. The highest BCUT2D eigenvalue weighted by atomic mass is 16.2. The summed E-state index contributed by atoms with van der Waals surface area (Å²) in [6, 6.07) is 4.79. The van der Waals surface area contributed by atoms with Crippen molar-refractivity contribution in [1.29, 1.82) is 0 Å². The summed E-state index contributed by atoms with van der Waals surface area (Å²) < 4.78 is 0. The highest BCUT2D eigenvalue weighted by molar-refractivity contribution is 5.98. The Hall–Kier alpha value is -3.14. The second kappa shape index (κ2) is 14.8. The molecule has 0 fully saturated rings. The van der Waals surface area contributed by atoms with Crippen molar-refractivity contribution in [1.82, 2.24) is 16.0 Å². The van der Waals surface area contributed by atoms with Gasteiger partial charge in [-0.15, -0.1) is 0 Å². The molecule has 10 nitrogen and oxygen atoms in total. The summed E-state index contributed by atoms with van der Waals surface area (Å²) in [4.78, 5) is 49.0. The molecule has 0 aliphatic rings. The molecule has 0 saturated carbocycles. The lowest BCUT2D eigenvalue weighted by molar-refractivity contribution is -0.132. The van der Waals surface area contributed by atoms with Crippen LogP contribution >= 0.6 is 0 Å². The van der Waals surface area contributed by atoms with Crippen LogP contribution in [0.4, 0.5) is 10.5 Å². The number of rotatable bonds is 14. The van der Waals surface area contributed by atoms with Gasteiger partial charge in [-0.05, 0) is 42.9 Å². The van der Waals surface area contributed by atoms with E-state index in [9.17, 15) is 19.2 Å². The smallest absolute Gasteiger partial charge is 0.312 e. The molecule has 0 aliphatic carbocycles. The highest BCUT2D eigenvalue weighted by Gasteiger charge is 2.28. The maximum atomic E-state index is 13.0. The van der Waals surface area contributed by atoms with E-state index in [1.165, 1.54) is 0 Å². The van der Waals surface area contributed by atoms with Gasteiger partial charge in [0.1, 0.15) is 12.1 Å². The Labute approximate surface area is 195 Å². The third-order valence-electron chi connectivity index (χ3n) is 5.08. The Morgan fingerprint density at radius 2 is 1.64 bits per heavy atom. The first-order chi connectivity index (χ1) is 15.7. The molecule has 0 heterocycles. The van der Waals surface area contributed by atoms with E-state index in [-0.39, 0.29) is 24.8 Å². The summed E-state index contributed by atoms with van der Waals surface area (Å²) in [5, 5.41) is 10.8. The van der Waals surface area contributed by atoms with E-state index in [1.807, 2.05) is 20.8 Å². The zero-order valence-corrected chi connectivity index (χ0v) is 19.8. The molecule has 10 heteroatoms. The van der Waals surface area contributed by atoms with Crippen LogP contribution in [-0.2, 0) is 20.9 Å². The van der Waals surface area contributed by atoms with Crippen LogP contribution in [0.3, 0.4) is 0 Å². The van der Waals surface area contributed by atoms with Crippen LogP contribution in [-0.4, -0.2) is 42.4 Å². The van der Waals surface area contributed by atoms with Gasteiger partial charge in [-0.3, -0.25) is 14.4 Å². The molecule has 33 heavy (non-hydrogen) atoms. The number of benzene rings is 1. The lowest BCUT2D eigenvalue weighted by atomic mass is 10.0. The average Bonchev–Trinajstić information content (AvgIpc) is 2.77. The monoisotopic (exact) mass is 462 g/mol. The number of anilines is 1. The van der Waals surface area contributed by atoms with Crippen molar-refractivity contribution in [3.63, 3.8) is 0 Å². The zero-order valence-electron chi connectivity index (χ0n) is 19.8. The van der Waals surface area contributed by atoms with Crippen LogP contribution < -0.4 is 32.7 Å². The van der Waals surface area contributed by atoms with Crippen LogP contribution in [0.1, 0.15) is 58.4 Å². The number of unbranched alkanes of at least 4 members (excludes halogenated alkanes) is 1. The molecule has 1 rings (SSSR count). The molecule has 184 valence electrons. The van der Waals surface area contributed by atoms with Gasteiger partial charge in [0.15, 0.2) is 0 Å². The van der Waals surface area contributed by atoms with Gasteiger partial charge in [0.05, 0.1) is 0 Å². The SMILES string of the molecule is CCCCC(=O)N[C@H](C(=O)N[C@@H](CCCNC(N)=O)C(=O)Nc1ccc(CN)cc1)C(C)C. The molecule has 0 saturated heterocycles. The third kappa shape index (κ3) is 10.8. The van der Waals surface area contributed by atoms with E-state index in [0.717, 1.165) is 18.4 Å². The Morgan fingerprint density at radius 1 is 0.970 bits per heavy atom. The molecule has 1 aromatic carbocycles. The largest absolute Gasteiger partial charge is 0.352 e. The number of primary amides is 1. The predicted octanol–water partition coefficient (Wildman–Crippen LogP) is 1.35. The standard InChI is InChI=1S/C23H38N6O4/c1-4-5-8-19(30)29-20(15(2)3)22(32)28-18(7-6-13-26-23(25)33)21(31)27-17-11-9-16(14-24)10-12-17/h9-12,15,18,20H,4-8,13-14,24H2,1-3H3,(H,27,31)(H,28,32)(H,29,30)(H3,25,26,33)/t18-,20-/m0/s1. The summed E-state index contributed by atoms with van der Waals surface area (Å²) in [5.41, 5.74) is 12.2. The molecule has 5 amide bonds. The molecule has 1 aromatic rings. The quantitative estimate of drug-likeness (QED) is 0.229. The van der Waals surface area contributed by atoms with Crippen LogP contribution in [0, 0.1) is 5.92 Å². The van der Waals surface area contributed by atoms with E-state index in [0.29, 0.717) is 25.1 Å². The fraction of sp³-hybridized carbons (Fsp3) is 0.565. The number of carbonyl (C=O) groups excluding carboxylic acids is 4. The maximum Gasteiger partial charge on any atom is 0.312 e. The molecular weight excluding hydrogens is 424 g/mol. The van der Waals surface area contributed by atoms with E-state index in [4.69, 9.17) is 11.5 Å². The Balaban J connectivity index is 2.88. The Kier molecular flexibility index (Phi) is 12.5. The minimum atomic E-state index is -0.866. The molecule has 0 spiro atoms. The summed E-state index contributed by atoms with van der Waals surface area (Å²) in [5.74, 6) is -1.20. The van der Waals surface area contributed by atoms with Gasteiger partial charge in [-0.2, -0.15) is 0 Å². The van der Waals surface area contributed by atoms with Crippen LogP contribution in [0.2, 0.25) is 0 Å². The van der Waals surface area contributed by atoms with Crippen molar-refractivity contribution in [2.24, 2.45) is 17.4 Å². The van der Waals surface area contributed by atoms with Crippen LogP contribution in [0.25, 0.3) is 0 Å². The lowest BCUT2D eigenvalue weighted by Crippen LogP contribution is -2.54. The summed E-state index contributed by atoms with van der Waals surface area (Å²) in [7, 11) is 0. The predicted molar refractivity (Wildman–Crippen MR) is 128 cm³/mol. The van der Waals surface area contributed by atoms with E-state index in [2.05, 4.69) is 21.3 Å². The van der Waals surface area contributed by atoms with E-state index < -0.39 is 29.9 Å². The number of urea groups is 1. The normalized spacial score (nSPS) is 12.5.